The summed E-state index contributed by atoms with van der Waals surface area (Å²) < 4.78 is 0. The van der Waals surface area contributed by atoms with Crippen molar-refractivity contribution in [3.8, 4) is 11.4 Å². The molecule has 1 aliphatic heterocycles. The molecule has 0 radical (unpaired) electrons. The number of aromatic nitrogens is 3. The normalized spacial score (nSPS) is 17.2. The lowest BCUT2D eigenvalue weighted by Gasteiger charge is -2.18. The molecule has 4 aromatic rings. The van der Waals surface area contributed by atoms with Crippen LogP contribution in [-0.2, 0) is 0 Å². The SMILES string of the molecule is Clc1ccc2ncc(-c3nc4ccccc4[nH]3)c(N[C@@H]3CCNC3)c2c1. The number of fused-ring (bicyclic) bond motifs is 2. The summed E-state index contributed by atoms with van der Waals surface area (Å²) in [4.78, 5) is 12.8. The summed E-state index contributed by atoms with van der Waals surface area (Å²) in [6.07, 6.45) is 2.97. The van der Waals surface area contributed by atoms with E-state index in [2.05, 4.69) is 20.6 Å². The Morgan fingerprint density at radius 2 is 2.04 bits per heavy atom. The molecule has 1 aliphatic rings. The lowest BCUT2D eigenvalue weighted by Crippen LogP contribution is -2.22. The van der Waals surface area contributed by atoms with Crippen LogP contribution in [0, 0.1) is 0 Å². The second kappa shape index (κ2) is 6.27. The predicted molar refractivity (Wildman–Crippen MR) is 107 cm³/mol. The van der Waals surface area contributed by atoms with Crippen molar-refractivity contribution in [2.24, 2.45) is 0 Å². The molecule has 0 amide bonds. The highest BCUT2D eigenvalue weighted by molar-refractivity contribution is 6.31. The number of hydrogen-bond acceptors (Lipinski definition) is 4. The average Bonchev–Trinajstić information content (AvgIpc) is 3.31. The molecule has 0 saturated carbocycles. The fourth-order valence-electron chi connectivity index (χ4n) is 3.56. The minimum atomic E-state index is 0.378. The van der Waals surface area contributed by atoms with Crippen LogP contribution < -0.4 is 10.6 Å². The number of nitrogens with zero attached hydrogens (tertiary/aromatic N) is 2. The van der Waals surface area contributed by atoms with E-state index in [9.17, 15) is 0 Å². The Morgan fingerprint density at radius 3 is 2.88 bits per heavy atom. The Hall–Kier alpha value is -2.63. The van der Waals surface area contributed by atoms with Gasteiger partial charge in [-0.2, -0.15) is 0 Å². The van der Waals surface area contributed by atoms with Gasteiger partial charge in [-0.15, -0.1) is 0 Å². The third-order valence-corrected chi connectivity index (χ3v) is 5.12. The van der Waals surface area contributed by atoms with E-state index in [1.54, 1.807) is 0 Å². The van der Waals surface area contributed by atoms with Crippen molar-refractivity contribution in [2.45, 2.75) is 12.5 Å². The highest BCUT2D eigenvalue weighted by atomic mass is 35.5. The van der Waals surface area contributed by atoms with Crippen LogP contribution in [0.4, 0.5) is 5.69 Å². The zero-order chi connectivity index (χ0) is 17.5. The third kappa shape index (κ3) is 2.69. The Morgan fingerprint density at radius 1 is 1.12 bits per heavy atom. The zero-order valence-electron chi connectivity index (χ0n) is 14.1. The van der Waals surface area contributed by atoms with Crippen LogP contribution in [0.1, 0.15) is 6.42 Å². The molecular formula is C20H18ClN5. The monoisotopic (exact) mass is 363 g/mol. The molecule has 2 aromatic carbocycles. The zero-order valence-corrected chi connectivity index (χ0v) is 14.8. The van der Waals surface area contributed by atoms with Crippen LogP contribution in [0.2, 0.25) is 5.02 Å². The van der Waals surface area contributed by atoms with Crippen LogP contribution >= 0.6 is 11.6 Å². The molecule has 5 rings (SSSR count). The van der Waals surface area contributed by atoms with Crippen molar-refractivity contribution >= 4 is 39.2 Å². The van der Waals surface area contributed by atoms with Crippen molar-refractivity contribution in [1.82, 2.24) is 20.3 Å². The molecule has 2 aromatic heterocycles. The molecule has 26 heavy (non-hydrogen) atoms. The number of aromatic amines is 1. The van der Waals surface area contributed by atoms with Gasteiger partial charge in [0.25, 0.3) is 0 Å². The first kappa shape index (κ1) is 15.6. The van der Waals surface area contributed by atoms with E-state index in [0.717, 1.165) is 58.5 Å². The fourth-order valence-corrected chi connectivity index (χ4v) is 3.73. The minimum absolute atomic E-state index is 0.378. The Labute approximate surface area is 155 Å². The van der Waals surface area contributed by atoms with E-state index in [0.29, 0.717) is 11.1 Å². The molecule has 6 heteroatoms. The van der Waals surface area contributed by atoms with Crippen molar-refractivity contribution in [1.29, 1.82) is 0 Å². The van der Waals surface area contributed by atoms with Gasteiger partial charge >= 0.3 is 0 Å². The van der Waals surface area contributed by atoms with Crippen LogP contribution in [-0.4, -0.2) is 34.1 Å². The second-order valence-corrected chi connectivity index (χ2v) is 7.08. The van der Waals surface area contributed by atoms with Crippen molar-refractivity contribution in [2.75, 3.05) is 18.4 Å². The van der Waals surface area contributed by atoms with Gasteiger partial charge in [0.05, 0.1) is 27.8 Å². The van der Waals surface area contributed by atoms with Crippen LogP contribution in [0.15, 0.2) is 48.7 Å². The van der Waals surface area contributed by atoms with Gasteiger partial charge in [0, 0.05) is 29.2 Å². The van der Waals surface area contributed by atoms with E-state index < -0.39 is 0 Å². The van der Waals surface area contributed by atoms with E-state index >= 15 is 0 Å². The molecule has 130 valence electrons. The number of halogens is 1. The number of H-pyrrole nitrogens is 1. The molecular weight excluding hydrogens is 346 g/mol. The van der Waals surface area contributed by atoms with Gasteiger partial charge in [-0.3, -0.25) is 4.98 Å². The van der Waals surface area contributed by atoms with Crippen molar-refractivity contribution in [3.05, 3.63) is 53.7 Å². The van der Waals surface area contributed by atoms with Gasteiger partial charge in [-0.1, -0.05) is 23.7 Å². The van der Waals surface area contributed by atoms with Crippen LogP contribution in [0.3, 0.4) is 0 Å². The third-order valence-electron chi connectivity index (χ3n) is 4.88. The maximum atomic E-state index is 6.28. The van der Waals surface area contributed by atoms with Gasteiger partial charge < -0.3 is 15.6 Å². The summed E-state index contributed by atoms with van der Waals surface area (Å²) in [5, 5.41) is 8.83. The summed E-state index contributed by atoms with van der Waals surface area (Å²) in [7, 11) is 0. The van der Waals surface area contributed by atoms with Gasteiger partial charge in [-0.25, -0.2) is 4.98 Å². The maximum Gasteiger partial charge on any atom is 0.142 e. The molecule has 0 spiro atoms. The number of pyridine rings is 1. The van der Waals surface area contributed by atoms with Gasteiger partial charge in [0.2, 0.25) is 0 Å². The molecule has 3 heterocycles. The van der Waals surface area contributed by atoms with Gasteiger partial charge in [-0.05, 0) is 43.3 Å². The van der Waals surface area contributed by atoms with E-state index in [1.165, 1.54) is 0 Å². The lowest BCUT2D eigenvalue weighted by molar-refractivity contribution is 0.794. The standard InChI is InChI=1S/C20H18ClN5/c21-12-5-6-16-14(9-12)19(24-13-7-8-22-10-13)15(11-23-16)20-25-17-3-1-2-4-18(17)26-20/h1-6,9,11,13,22H,7-8,10H2,(H,23,24)(H,25,26)/t13-/m1/s1. The number of imidazole rings is 1. The second-order valence-electron chi connectivity index (χ2n) is 6.64. The first-order valence-corrected chi connectivity index (χ1v) is 9.16. The quantitative estimate of drug-likeness (QED) is 0.510. The van der Waals surface area contributed by atoms with Gasteiger partial charge in [0.1, 0.15) is 5.82 Å². The molecule has 0 unspecified atom stereocenters. The number of hydrogen-bond donors (Lipinski definition) is 3. The molecule has 0 aliphatic carbocycles. The lowest BCUT2D eigenvalue weighted by atomic mass is 10.1. The van der Waals surface area contributed by atoms with Gasteiger partial charge in [0.15, 0.2) is 0 Å². The topological polar surface area (TPSA) is 65.6 Å². The molecule has 1 fully saturated rings. The molecule has 1 atom stereocenters. The highest BCUT2D eigenvalue weighted by Gasteiger charge is 2.20. The summed E-state index contributed by atoms with van der Waals surface area (Å²) in [5.41, 5.74) is 4.88. The molecule has 3 N–H and O–H groups in total. The Kier molecular flexibility index (Phi) is 3.76. The average molecular weight is 364 g/mol. The summed E-state index contributed by atoms with van der Waals surface area (Å²) in [6.45, 7) is 1.98. The van der Waals surface area contributed by atoms with Crippen LogP contribution in [0.25, 0.3) is 33.3 Å². The van der Waals surface area contributed by atoms with Crippen molar-refractivity contribution in [3.63, 3.8) is 0 Å². The van der Waals surface area contributed by atoms with E-state index in [-0.39, 0.29) is 0 Å². The summed E-state index contributed by atoms with van der Waals surface area (Å²) in [6, 6.07) is 14.2. The Bertz CT molecular complexity index is 1060. The summed E-state index contributed by atoms with van der Waals surface area (Å²) >= 11 is 6.28. The maximum absolute atomic E-state index is 6.28. The highest BCUT2D eigenvalue weighted by Crippen LogP contribution is 2.35. The first-order chi connectivity index (χ1) is 12.8. The molecule has 0 bridgehead atoms. The fraction of sp³-hybridized carbons (Fsp3) is 0.200. The van der Waals surface area contributed by atoms with Crippen LogP contribution in [0.5, 0.6) is 0 Å². The smallest absolute Gasteiger partial charge is 0.142 e. The molecule has 5 nitrogen and oxygen atoms in total. The number of para-hydroxylation sites is 2. The van der Waals surface area contributed by atoms with E-state index in [1.807, 2.05) is 48.7 Å². The number of anilines is 1. The number of nitrogens with one attached hydrogen (secondary N) is 3. The largest absolute Gasteiger partial charge is 0.380 e. The van der Waals surface area contributed by atoms with E-state index in [4.69, 9.17) is 16.6 Å². The Balaban J connectivity index is 1.72. The predicted octanol–water partition coefficient (Wildman–Crippen LogP) is 4.21. The minimum Gasteiger partial charge on any atom is -0.380 e. The number of benzene rings is 2. The summed E-state index contributed by atoms with van der Waals surface area (Å²) in [5.74, 6) is 0.814. The first-order valence-electron chi connectivity index (χ1n) is 8.78. The molecule has 1 saturated heterocycles. The van der Waals surface area contributed by atoms with Crippen molar-refractivity contribution < 1.29 is 0 Å². The number of rotatable bonds is 3.